The van der Waals surface area contributed by atoms with Gasteiger partial charge in [-0.1, -0.05) is 0 Å². The number of halogens is 1. The summed E-state index contributed by atoms with van der Waals surface area (Å²) in [6.07, 6.45) is 4.90. The molecule has 4 aromatic rings. The quantitative estimate of drug-likeness (QED) is 0.474. The third kappa shape index (κ3) is 4.60. The van der Waals surface area contributed by atoms with Crippen LogP contribution in [0.2, 0.25) is 0 Å². The van der Waals surface area contributed by atoms with E-state index in [0.29, 0.717) is 28.8 Å². The summed E-state index contributed by atoms with van der Waals surface area (Å²) in [7, 11) is 0. The Kier molecular flexibility index (Phi) is 5.69. The molecule has 34 heavy (non-hydrogen) atoms. The predicted molar refractivity (Wildman–Crippen MR) is 121 cm³/mol. The van der Waals surface area contributed by atoms with Crippen molar-refractivity contribution in [2.45, 2.75) is 6.42 Å². The van der Waals surface area contributed by atoms with Gasteiger partial charge in [-0.2, -0.15) is 5.10 Å². The van der Waals surface area contributed by atoms with Gasteiger partial charge in [-0.25, -0.2) is 19.0 Å². The Morgan fingerprint density at radius 3 is 2.62 bits per heavy atom. The van der Waals surface area contributed by atoms with Crippen molar-refractivity contribution in [2.24, 2.45) is 5.92 Å². The van der Waals surface area contributed by atoms with Crippen molar-refractivity contribution in [1.29, 1.82) is 0 Å². The second-order valence-electron chi connectivity index (χ2n) is 7.66. The molecule has 1 saturated heterocycles. The molecule has 1 aliphatic heterocycles. The molecule has 2 amide bonds. The summed E-state index contributed by atoms with van der Waals surface area (Å²) in [5.41, 5.74) is 1.15. The van der Waals surface area contributed by atoms with Crippen LogP contribution in [0.5, 0.6) is 11.6 Å². The van der Waals surface area contributed by atoms with Crippen LogP contribution in [0.4, 0.5) is 15.8 Å². The summed E-state index contributed by atoms with van der Waals surface area (Å²) in [6, 6.07) is 15.9. The molecule has 0 aliphatic carbocycles. The highest BCUT2D eigenvalue weighted by atomic mass is 19.1. The van der Waals surface area contributed by atoms with E-state index in [1.54, 1.807) is 53.5 Å². The van der Waals surface area contributed by atoms with Gasteiger partial charge in [0, 0.05) is 42.8 Å². The van der Waals surface area contributed by atoms with E-state index >= 15 is 0 Å². The molecule has 1 N–H and O–H groups in total. The third-order valence-electron chi connectivity index (χ3n) is 5.35. The van der Waals surface area contributed by atoms with Gasteiger partial charge in [-0.3, -0.25) is 9.59 Å². The molecule has 1 atom stereocenters. The second-order valence-corrected chi connectivity index (χ2v) is 7.66. The van der Waals surface area contributed by atoms with E-state index in [2.05, 4.69) is 20.4 Å². The summed E-state index contributed by atoms with van der Waals surface area (Å²) in [5.74, 6) is 0.135. The lowest BCUT2D eigenvalue weighted by Crippen LogP contribution is -2.28. The molecule has 9 nitrogen and oxygen atoms in total. The van der Waals surface area contributed by atoms with Crippen LogP contribution in [0.25, 0.3) is 5.82 Å². The summed E-state index contributed by atoms with van der Waals surface area (Å²) >= 11 is 0. The fourth-order valence-corrected chi connectivity index (χ4v) is 3.64. The predicted octanol–water partition coefficient (Wildman–Crippen LogP) is 3.59. The van der Waals surface area contributed by atoms with E-state index < -0.39 is 5.92 Å². The van der Waals surface area contributed by atoms with Crippen LogP contribution in [-0.2, 0) is 9.59 Å². The Morgan fingerprint density at radius 1 is 1.09 bits per heavy atom. The minimum atomic E-state index is -0.504. The minimum absolute atomic E-state index is 0.0940. The van der Waals surface area contributed by atoms with Gasteiger partial charge < -0.3 is 15.0 Å². The number of hydrogen-bond donors (Lipinski definition) is 1. The van der Waals surface area contributed by atoms with Crippen molar-refractivity contribution in [3.05, 3.63) is 85.2 Å². The average Bonchev–Trinajstić information content (AvgIpc) is 3.52. The number of nitrogens with zero attached hydrogens (tertiary/aromatic N) is 5. The van der Waals surface area contributed by atoms with Crippen LogP contribution in [0, 0.1) is 11.7 Å². The fraction of sp³-hybridized carbons (Fsp3) is 0.125. The van der Waals surface area contributed by atoms with Crippen LogP contribution >= 0.6 is 0 Å². The fourth-order valence-electron chi connectivity index (χ4n) is 3.64. The van der Waals surface area contributed by atoms with E-state index in [9.17, 15) is 14.0 Å². The monoisotopic (exact) mass is 458 g/mol. The van der Waals surface area contributed by atoms with E-state index in [0.717, 1.165) is 0 Å². The Bertz CT molecular complexity index is 1310. The van der Waals surface area contributed by atoms with Gasteiger partial charge in [-0.05, 0) is 54.6 Å². The maximum Gasteiger partial charge on any atom is 0.229 e. The first kappa shape index (κ1) is 21.3. The molecule has 1 aliphatic rings. The van der Waals surface area contributed by atoms with Gasteiger partial charge in [0.1, 0.15) is 17.9 Å². The molecular weight excluding hydrogens is 439 g/mol. The highest BCUT2D eigenvalue weighted by Crippen LogP contribution is 2.27. The highest BCUT2D eigenvalue weighted by Gasteiger charge is 2.35. The summed E-state index contributed by atoms with van der Waals surface area (Å²) in [4.78, 5) is 34.8. The Morgan fingerprint density at radius 2 is 1.88 bits per heavy atom. The van der Waals surface area contributed by atoms with Gasteiger partial charge >= 0.3 is 0 Å². The summed E-state index contributed by atoms with van der Waals surface area (Å²) in [6.45, 7) is 0.240. The van der Waals surface area contributed by atoms with E-state index in [1.807, 2.05) is 0 Å². The molecular formula is C24H19FN6O3. The number of carbonyl (C=O) groups excluding carboxylic acids is 2. The Balaban J connectivity index is 1.20. The van der Waals surface area contributed by atoms with Crippen LogP contribution in [0.15, 0.2) is 79.4 Å². The maximum absolute atomic E-state index is 13.2. The second kappa shape index (κ2) is 9.10. The number of nitrogens with one attached hydrogen (secondary N) is 1. The molecule has 2 aromatic carbocycles. The number of hydrogen-bond acceptors (Lipinski definition) is 6. The van der Waals surface area contributed by atoms with E-state index in [-0.39, 0.29) is 30.6 Å². The normalized spacial score (nSPS) is 15.4. The van der Waals surface area contributed by atoms with Crippen LogP contribution in [0.1, 0.15) is 6.42 Å². The van der Waals surface area contributed by atoms with E-state index in [4.69, 9.17) is 4.74 Å². The van der Waals surface area contributed by atoms with Crippen molar-refractivity contribution in [1.82, 2.24) is 19.7 Å². The number of anilines is 2. The maximum atomic E-state index is 13.2. The molecule has 0 radical (unpaired) electrons. The van der Waals surface area contributed by atoms with E-state index in [1.165, 1.54) is 35.5 Å². The van der Waals surface area contributed by atoms with Crippen molar-refractivity contribution < 1.29 is 18.7 Å². The standard InChI is InChI=1S/C24H19FN6O3/c25-17-2-6-19(7-3-17)30-14-16(12-23(30)32)24(33)29-18-4-8-20(9-5-18)34-22-13-21(26-15-27-22)31-11-1-10-28-31/h1-11,13,15-16H,12,14H2,(H,29,33). The molecule has 5 rings (SSSR count). The van der Waals surface area contributed by atoms with Crippen molar-refractivity contribution >= 4 is 23.2 Å². The zero-order chi connectivity index (χ0) is 23.5. The zero-order valence-electron chi connectivity index (χ0n) is 17.8. The molecule has 3 heterocycles. The van der Waals surface area contributed by atoms with Gasteiger partial charge in [0.05, 0.1) is 5.92 Å². The Hall–Kier alpha value is -4.60. The molecule has 10 heteroatoms. The molecule has 170 valence electrons. The number of carbonyl (C=O) groups is 2. The van der Waals surface area contributed by atoms with Gasteiger partial charge in [0.2, 0.25) is 17.7 Å². The van der Waals surface area contributed by atoms with Crippen molar-refractivity contribution in [3.63, 3.8) is 0 Å². The van der Waals surface area contributed by atoms with Gasteiger partial charge in [0.15, 0.2) is 5.82 Å². The largest absolute Gasteiger partial charge is 0.439 e. The van der Waals surface area contributed by atoms with Gasteiger partial charge in [0.25, 0.3) is 0 Å². The number of rotatable bonds is 6. The molecule has 1 fully saturated rings. The molecule has 2 aromatic heterocycles. The third-order valence-corrected chi connectivity index (χ3v) is 5.35. The lowest BCUT2D eigenvalue weighted by molar-refractivity contribution is -0.122. The molecule has 1 unspecified atom stereocenters. The highest BCUT2D eigenvalue weighted by molar-refractivity contribution is 6.03. The minimum Gasteiger partial charge on any atom is -0.439 e. The van der Waals surface area contributed by atoms with Crippen LogP contribution in [0.3, 0.4) is 0 Å². The first-order chi connectivity index (χ1) is 16.5. The number of benzene rings is 2. The smallest absolute Gasteiger partial charge is 0.229 e. The molecule has 0 saturated carbocycles. The summed E-state index contributed by atoms with van der Waals surface area (Å²) in [5, 5.41) is 6.96. The zero-order valence-corrected chi connectivity index (χ0v) is 17.8. The molecule has 0 bridgehead atoms. The van der Waals surface area contributed by atoms with Crippen LogP contribution in [-0.4, -0.2) is 38.1 Å². The first-order valence-corrected chi connectivity index (χ1v) is 10.5. The number of aromatic nitrogens is 4. The molecule has 0 spiro atoms. The number of ether oxygens (including phenoxy) is 1. The van der Waals surface area contributed by atoms with Crippen molar-refractivity contribution in [3.8, 4) is 17.4 Å². The first-order valence-electron chi connectivity index (χ1n) is 10.5. The topological polar surface area (TPSA) is 102 Å². The lowest BCUT2D eigenvalue weighted by Gasteiger charge is -2.16. The lowest BCUT2D eigenvalue weighted by atomic mass is 10.1. The summed E-state index contributed by atoms with van der Waals surface area (Å²) < 4.78 is 20.5. The van der Waals surface area contributed by atoms with Crippen LogP contribution < -0.4 is 15.0 Å². The number of amides is 2. The Labute approximate surface area is 193 Å². The van der Waals surface area contributed by atoms with Gasteiger partial charge in [-0.15, -0.1) is 0 Å². The SMILES string of the molecule is O=C(Nc1ccc(Oc2cc(-n3cccn3)ncn2)cc1)C1CC(=O)N(c2ccc(F)cc2)C1. The average molecular weight is 458 g/mol. The van der Waals surface area contributed by atoms with Crippen molar-refractivity contribution in [2.75, 3.05) is 16.8 Å².